The Morgan fingerprint density at radius 2 is 1.77 bits per heavy atom. The van der Waals surface area contributed by atoms with E-state index in [0.29, 0.717) is 0 Å². The summed E-state index contributed by atoms with van der Waals surface area (Å²) in [5.74, 6) is -1.91. The summed E-state index contributed by atoms with van der Waals surface area (Å²) in [4.78, 5) is 49.7. The minimum atomic E-state index is -1.15. The molecular formula is C15H17ClN2O8. The highest BCUT2D eigenvalue weighted by molar-refractivity contribution is 6.29. The number of halogens is 1. The maximum atomic E-state index is 12.1. The molecule has 11 heteroatoms. The van der Waals surface area contributed by atoms with Crippen LogP contribution in [0.3, 0.4) is 0 Å². The van der Waals surface area contributed by atoms with Gasteiger partial charge in [-0.1, -0.05) is 11.6 Å². The van der Waals surface area contributed by atoms with Gasteiger partial charge in [0.15, 0.2) is 18.4 Å². The molecule has 0 spiro atoms. The van der Waals surface area contributed by atoms with E-state index >= 15 is 0 Å². The molecule has 0 unspecified atom stereocenters. The second kappa shape index (κ2) is 8.28. The van der Waals surface area contributed by atoms with Gasteiger partial charge in [0.1, 0.15) is 17.9 Å². The first kappa shape index (κ1) is 19.9. The van der Waals surface area contributed by atoms with E-state index in [-0.39, 0.29) is 11.8 Å². The van der Waals surface area contributed by atoms with Gasteiger partial charge in [-0.05, 0) is 6.07 Å². The molecule has 0 bridgehead atoms. The van der Waals surface area contributed by atoms with E-state index < -0.39 is 48.1 Å². The number of ether oxygens (including phenoxy) is 4. The lowest BCUT2D eigenvalue weighted by Gasteiger charge is -2.23. The lowest BCUT2D eigenvalue weighted by Crippen LogP contribution is -2.41. The van der Waals surface area contributed by atoms with Crippen molar-refractivity contribution in [3.05, 3.63) is 27.9 Å². The van der Waals surface area contributed by atoms with Crippen molar-refractivity contribution in [3.8, 4) is 0 Å². The molecule has 0 amide bonds. The molecule has 26 heavy (non-hydrogen) atoms. The molecule has 10 nitrogen and oxygen atoms in total. The lowest BCUT2D eigenvalue weighted by molar-refractivity contribution is -0.166. The number of aromatic nitrogens is 2. The largest absolute Gasteiger partial charge is 0.463 e. The van der Waals surface area contributed by atoms with E-state index in [4.69, 9.17) is 30.5 Å². The molecule has 0 aliphatic carbocycles. The first-order valence-corrected chi connectivity index (χ1v) is 7.94. The zero-order valence-corrected chi connectivity index (χ0v) is 15.0. The Morgan fingerprint density at radius 1 is 1.15 bits per heavy atom. The van der Waals surface area contributed by atoms with Crippen LogP contribution >= 0.6 is 11.6 Å². The van der Waals surface area contributed by atoms with E-state index in [1.54, 1.807) is 0 Å². The van der Waals surface area contributed by atoms with Crippen molar-refractivity contribution < 1.29 is 33.3 Å². The van der Waals surface area contributed by atoms with Crippen molar-refractivity contribution in [1.29, 1.82) is 0 Å². The third-order valence-electron chi connectivity index (χ3n) is 3.41. The maximum absolute atomic E-state index is 12.1. The molecule has 4 atom stereocenters. The normalized spacial score (nSPS) is 24.8. The number of nitrogens with zero attached hydrogens (tertiary/aromatic N) is 2. The Bertz CT molecular complexity index is 764. The van der Waals surface area contributed by atoms with Crippen molar-refractivity contribution >= 4 is 29.5 Å². The van der Waals surface area contributed by atoms with Crippen LogP contribution in [0.1, 0.15) is 27.0 Å². The van der Waals surface area contributed by atoms with Crippen LogP contribution in [-0.4, -0.2) is 52.4 Å². The fourth-order valence-corrected chi connectivity index (χ4v) is 2.63. The van der Waals surface area contributed by atoms with Gasteiger partial charge in [0.2, 0.25) is 0 Å². The fourth-order valence-electron chi connectivity index (χ4n) is 2.50. The predicted octanol–water partition coefficient (Wildman–Crippen LogP) is 0.221. The summed E-state index contributed by atoms with van der Waals surface area (Å²) < 4.78 is 22.0. The number of rotatable bonds is 5. The minimum Gasteiger partial charge on any atom is -0.463 e. The van der Waals surface area contributed by atoms with Gasteiger partial charge in [0, 0.05) is 27.0 Å². The smallest absolute Gasteiger partial charge is 0.351 e. The van der Waals surface area contributed by atoms with Crippen molar-refractivity contribution in [2.45, 2.75) is 45.3 Å². The summed E-state index contributed by atoms with van der Waals surface area (Å²) in [6.45, 7) is 3.25. The highest BCUT2D eigenvalue weighted by Crippen LogP contribution is 2.33. The van der Waals surface area contributed by atoms with E-state index in [2.05, 4.69) is 4.98 Å². The van der Waals surface area contributed by atoms with E-state index in [0.717, 1.165) is 18.4 Å². The van der Waals surface area contributed by atoms with Crippen LogP contribution in [0.4, 0.5) is 0 Å². The van der Waals surface area contributed by atoms with E-state index in [1.165, 1.54) is 19.2 Å². The fraction of sp³-hybridized carbons (Fsp3) is 0.533. The van der Waals surface area contributed by atoms with Crippen molar-refractivity contribution in [3.63, 3.8) is 0 Å². The molecule has 0 radical (unpaired) electrons. The molecule has 0 aromatic carbocycles. The van der Waals surface area contributed by atoms with Crippen molar-refractivity contribution in [1.82, 2.24) is 9.55 Å². The second-order valence-corrected chi connectivity index (χ2v) is 5.84. The molecule has 2 heterocycles. The van der Waals surface area contributed by atoms with Gasteiger partial charge in [-0.3, -0.25) is 19.0 Å². The molecule has 2 rings (SSSR count). The van der Waals surface area contributed by atoms with Crippen LogP contribution < -0.4 is 5.69 Å². The number of carbonyl (C=O) groups is 3. The van der Waals surface area contributed by atoms with Crippen LogP contribution in [0.25, 0.3) is 0 Å². The summed E-state index contributed by atoms with van der Waals surface area (Å²) in [7, 11) is 0. The maximum Gasteiger partial charge on any atom is 0.351 e. The number of hydrogen-bond acceptors (Lipinski definition) is 9. The van der Waals surface area contributed by atoms with Crippen molar-refractivity contribution in [2.24, 2.45) is 0 Å². The first-order valence-electron chi connectivity index (χ1n) is 7.57. The Kier molecular flexibility index (Phi) is 6.32. The summed E-state index contributed by atoms with van der Waals surface area (Å²) >= 11 is 5.68. The molecule has 142 valence electrons. The molecule has 1 aromatic rings. The highest BCUT2D eigenvalue weighted by Gasteiger charge is 2.50. The number of hydrogen-bond donors (Lipinski definition) is 0. The molecule has 0 N–H and O–H groups in total. The number of esters is 3. The summed E-state index contributed by atoms with van der Waals surface area (Å²) in [6.07, 6.45) is -3.06. The average Bonchev–Trinajstić information content (AvgIpc) is 2.82. The number of carbonyl (C=O) groups excluding carboxylic acids is 3. The van der Waals surface area contributed by atoms with Crippen molar-refractivity contribution in [2.75, 3.05) is 6.61 Å². The van der Waals surface area contributed by atoms with Gasteiger partial charge >= 0.3 is 23.6 Å². The molecule has 1 aromatic heterocycles. The highest BCUT2D eigenvalue weighted by atomic mass is 35.5. The van der Waals surface area contributed by atoms with Gasteiger partial charge in [0.25, 0.3) is 0 Å². The zero-order chi connectivity index (χ0) is 19.4. The minimum absolute atomic E-state index is 0.0266. The van der Waals surface area contributed by atoms with E-state index in [1.807, 2.05) is 0 Å². The average molecular weight is 389 g/mol. The van der Waals surface area contributed by atoms with Crippen LogP contribution in [0, 0.1) is 0 Å². The Hall–Kier alpha value is -2.46. The Morgan fingerprint density at radius 3 is 2.31 bits per heavy atom. The van der Waals surface area contributed by atoms with Gasteiger partial charge in [-0.15, -0.1) is 0 Å². The van der Waals surface area contributed by atoms with Gasteiger partial charge in [-0.2, -0.15) is 4.98 Å². The topological polar surface area (TPSA) is 123 Å². The summed E-state index contributed by atoms with van der Waals surface area (Å²) in [5, 5.41) is -0.0266. The standard InChI is InChI=1S/C15H17ClN2O8/c1-7(19)23-6-10-12(24-8(2)20)13(25-9(3)21)14(26-10)18-5-4-11(16)17-15(18)22/h4-5,10,12-14H,6H2,1-3H3/t10-,12-,13-,14-/m1/s1. The SMILES string of the molecule is CC(=O)OC[C@H]1O[C@@H](n2ccc(Cl)nc2=O)[C@H](OC(C)=O)[C@@H]1OC(C)=O. The molecule has 1 aliphatic heterocycles. The van der Waals surface area contributed by atoms with Gasteiger partial charge < -0.3 is 18.9 Å². The molecule has 1 fully saturated rings. The summed E-state index contributed by atoms with van der Waals surface area (Å²) in [6, 6.07) is 1.34. The summed E-state index contributed by atoms with van der Waals surface area (Å²) in [5.41, 5.74) is -0.755. The van der Waals surface area contributed by atoms with Gasteiger partial charge in [-0.25, -0.2) is 4.79 Å². The molecule has 0 saturated carbocycles. The third-order valence-corrected chi connectivity index (χ3v) is 3.62. The molecular weight excluding hydrogens is 372 g/mol. The van der Waals surface area contributed by atoms with Gasteiger partial charge in [0.05, 0.1) is 0 Å². The predicted molar refractivity (Wildman–Crippen MR) is 85.2 cm³/mol. The van der Waals surface area contributed by atoms with Crippen LogP contribution in [-0.2, 0) is 33.3 Å². The Labute approximate surface area is 152 Å². The van der Waals surface area contributed by atoms with Crippen LogP contribution in [0.2, 0.25) is 5.15 Å². The molecule has 1 aliphatic rings. The zero-order valence-electron chi connectivity index (χ0n) is 14.2. The second-order valence-electron chi connectivity index (χ2n) is 5.46. The lowest BCUT2D eigenvalue weighted by atomic mass is 10.1. The van der Waals surface area contributed by atoms with E-state index in [9.17, 15) is 19.2 Å². The quantitative estimate of drug-likeness (QED) is 0.395. The Balaban J connectivity index is 2.40. The monoisotopic (exact) mass is 388 g/mol. The van der Waals surface area contributed by atoms with Crippen LogP contribution in [0.5, 0.6) is 0 Å². The third kappa shape index (κ3) is 4.79. The first-order chi connectivity index (χ1) is 12.2. The molecule has 1 saturated heterocycles. The van der Waals surface area contributed by atoms with Crippen LogP contribution in [0.15, 0.2) is 17.1 Å².